The summed E-state index contributed by atoms with van der Waals surface area (Å²) >= 11 is 0. The van der Waals surface area contributed by atoms with Crippen LogP contribution in [0.25, 0.3) is 0 Å². The highest BCUT2D eigenvalue weighted by Gasteiger charge is 2.69. The number of alkyl halides is 3. The zero-order valence-electron chi connectivity index (χ0n) is 22.9. The van der Waals surface area contributed by atoms with E-state index in [1.807, 2.05) is 54.6 Å². The van der Waals surface area contributed by atoms with Gasteiger partial charge in [-0.25, -0.2) is 0 Å². The summed E-state index contributed by atoms with van der Waals surface area (Å²) in [6, 6.07) is 20.3. The van der Waals surface area contributed by atoms with E-state index < -0.39 is 47.0 Å². The third-order valence-electron chi connectivity index (χ3n) is 8.73. The number of rotatable bonds is 6. The van der Waals surface area contributed by atoms with E-state index in [2.05, 4.69) is 5.32 Å². The van der Waals surface area contributed by atoms with Gasteiger partial charge in [-0.2, -0.15) is 13.2 Å². The molecule has 3 aliphatic rings. The number of carbonyl (C=O) groups is 3. The fourth-order valence-corrected chi connectivity index (χ4v) is 6.72. The largest absolute Gasteiger partial charge is 0.497 e. The monoisotopic (exact) mass is 577 g/mol. The number of nitrogens with zero attached hydrogens (tertiary/aromatic N) is 2. The fourth-order valence-electron chi connectivity index (χ4n) is 6.72. The first-order valence-electron chi connectivity index (χ1n) is 13.9. The molecule has 1 N–H and O–H groups in total. The molecule has 4 atom stereocenters. The van der Waals surface area contributed by atoms with Crippen LogP contribution >= 0.6 is 0 Å². The normalized spacial score (nSPS) is 25.8. The molecule has 3 heterocycles. The van der Waals surface area contributed by atoms with Crippen molar-refractivity contribution >= 4 is 17.7 Å². The van der Waals surface area contributed by atoms with Gasteiger partial charge < -0.3 is 9.64 Å². The van der Waals surface area contributed by atoms with Gasteiger partial charge in [-0.15, -0.1) is 0 Å². The molecule has 10 heteroatoms. The van der Waals surface area contributed by atoms with E-state index in [1.54, 1.807) is 12.0 Å². The number of methoxy groups -OCH3 is 1. The van der Waals surface area contributed by atoms with Crippen molar-refractivity contribution in [3.8, 4) is 5.75 Å². The summed E-state index contributed by atoms with van der Waals surface area (Å²) in [7, 11) is 1.57. The molecule has 0 radical (unpaired) electrons. The van der Waals surface area contributed by atoms with Crippen LogP contribution in [-0.4, -0.2) is 46.7 Å². The first kappa shape index (κ1) is 28.0. The summed E-state index contributed by atoms with van der Waals surface area (Å²) in [4.78, 5) is 45.2. The lowest BCUT2D eigenvalue weighted by Crippen LogP contribution is -2.63. The van der Waals surface area contributed by atoms with Gasteiger partial charge in [0.15, 0.2) is 0 Å². The van der Waals surface area contributed by atoms with E-state index >= 15 is 0 Å². The molecule has 0 aromatic heterocycles. The predicted molar refractivity (Wildman–Crippen MR) is 147 cm³/mol. The molecule has 3 aromatic rings. The molecule has 1 spiro atoms. The van der Waals surface area contributed by atoms with E-state index in [0.717, 1.165) is 23.3 Å². The number of piperidine rings is 1. The smallest absolute Gasteiger partial charge is 0.416 e. The SMILES string of the molecule is COc1ccc(CN2CCC[C@]3(N[C@H](c4ccc(C(F)(F)F)cc4)[C@@H]4C(=O)N(Cc5ccccc5)C(=O)[C@@H]43)C2=O)cc1. The number of hydrogen-bond acceptors (Lipinski definition) is 5. The Kier molecular flexibility index (Phi) is 7.04. The van der Waals surface area contributed by atoms with Crippen LogP contribution in [0.4, 0.5) is 13.2 Å². The summed E-state index contributed by atoms with van der Waals surface area (Å²) in [5, 5.41) is 3.35. The highest BCUT2D eigenvalue weighted by molar-refractivity contribution is 6.10. The molecular formula is C32H30F3N3O4. The minimum absolute atomic E-state index is 0.0606. The Labute approximate surface area is 241 Å². The minimum Gasteiger partial charge on any atom is -0.497 e. The van der Waals surface area contributed by atoms with Crippen molar-refractivity contribution in [2.45, 2.75) is 43.7 Å². The van der Waals surface area contributed by atoms with Crippen molar-refractivity contribution in [1.29, 1.82) is 0 Å². The van der Waals surface area contributed by atoms with Crippen LogP contribution in [0.2, 0.25) is 0 Å². The molecule has 3 amide bonds. The number of benzene rings is 3. The highest BCUT2D eigenvalue weighted by atomic mass is 19.4. The molecule has 0 aliphatic carbocycles. The molecule has 42 heavy (non-hydrogen) atoms. The van der Waals surface area contributed by atoms with E-state index in [-0.39, 0.29) is 12.5 Å². The first-order chi connectivity index (χ1) is 20.1. The van der Waals surface area contributed by atoms with Gasteiger partial charge in [-0.3, -0.25) is 24.6 Å². The number of hydrogen-bond donors (Lipinski definition) is 1. The Balaban J connectivity index is 1.36. The van der Waals surface area contributed by atoms with Gasteiger partial charge in [0.1, 0.15) is 11.3 Å². The topological polar surface area (TPSA) is 79.0 Å². The molecule has 3 saturated heterocycles. The summed E-state index contributed by atoms with van der Waals surface area (Å²) in [6.07, 6.45) is -3.59. The van der Waals surface area contributed by atoms with Crippen molar-refractivity contribution < 1.29 is 32.3 Å². The zero-order valence-corrected chi connectivity index (χ0v) is 22.9. The van der Waals surface area contributed by atoms with E-state index in [4.69, 9.17) is 4.74 Å². The fraction of sp³-hybridized carbons (Fsp3) is 0.344. The lowest BCUT2D eigenvalue weighted by Gasteiger charge is -2.42. The second kappa shape index (κ2) is 10.6. The zero-order chi connectivity index (χ0) is 29.6. The number of imide groups is 1. The number of nitrogens with one attached hydrogen (secondary N) is 1. The van der Waals surface area contributed by atoms with Gasteiger partial charge in [0, 0.05) is 19.1 Å². The Hall–Kier alpha value is -4.18. The van der Waals surface area contributed by atoms with Gasteiger partial charge in [0.05, 0.1) is 31.1 Å². The lowest BCUT2D eigenvalue weighted by atomic mass is 9.74. The van der Waals surface area contributed by atoms with Crippen molar-refractivity contribution in [3.05, 3.63) is 101 Å². The predicted octanol–water partition coefficient (Wildman–Crippen LogP) is 4.72. The molecule has 7 nitrogen and oxygen atoms in total. The van der Waals surface area contributed by atoms with Crippen LogP contribution in [0.3, 0.4) is 0 Å². The Morgan fingerprint density at radius 1 is 0.881 bits per heavy atom. The third-order valence-corrected chi connectivity index (χ3v) is 8.73. The average molecular weight is 578 g/mol. The van der Waals surface area contributed by atoms with Gasteiger partial charge in [-0.05, 0) is 53.8 Å². The molecule has 6 rings (SSSR count). The second-order valence-corrected chi connectivity index (χ2v) is 11.1. The molecule has 0 saturated carbocycles. The first-order valence-corrected chi connectivity index (χ1v) is 13.9. The van der Waals surface area contributed by atoms with Crippen molar-refractivity contribution in [2.75, 3.05) is 13.7 Å². The van der Waals surface area contributed by atoms with E-state index in [0.29, 0.717) is 37.2 Å². The maximum absolute atomic E-state index is 14.3. The second-order valence-electron chi connectivity index (χ2n) is 11.1. The van der Waals surface area contributed by atoms with Crippen molar-refractivity contribution in [3.63, 3.8) is 0 Å². The minimum atomic E-state index is -4.52. The van der Waals surface area contributed by atoms with Crippen molar-refractivity contribution in [2.24, 2.45) is 11.8 Å². The molecule has 3 aliphatic heterocycles. The molecule has 3 aromatic carbocycles. The van der Waals surface area contributed by atoms with Crippen LogP contribution in [0.1, 0.15) is 41.1 Å². The Morgan fingerprint density at radius 2 is 1.55 bits per heavy atom. The van der Waals surface area contributed by atoms with Gasteiger partial charge in [0.25, 0.3) is 0 Å². The maximum atomic E-state index is 14.3. The molecular weight excluding hydrogens is 547 g/mol. The summed E-state index contributed by atoms with van der Waals surface area (Å²) in [6.45, 7) is 0.849. The molecule has 218 valence electrons. The van der Waals surface area contributed by atoms with Gasteiger partial charge in [-0.1, -0.05) is 54.6 Å². The van der Waals surface area contributed by atoms with Crippen LogP contribution in [-0.2, 0) is 33.6 Å². The number of ether oxygens (including phenoxy) is 1. The standard InChI is InChI=1S/C32H30F3N3O4/c1-42-24-14-8-21(9-15-24)18-37-17-5-16-31(30(37)41)26-25(27(36-31)22-10-12-23(13-11-22)32(33,34)35)28(39)38(29(26)40)19-20-6-3-2-4-7-20/h2-4,6-15,25-27,36H,5,16-19H2,1H3/t25-,26-,27-,31-/m1/s1. The molecule has 3 fully saturated rings. The summed E-state index contributed by atoms with van der Waals surface area (Å²) in [5.74, 6) is -2.36. The van der Waals surface area contributed by atoms with E-state index in [1.165, 1.54) is 17.0 Å². The average Bonchev–Trinajstić information content (AvgIpc) is 3.45. The maximum Gasteiger partial charge on any atom is 0.416 e. The quantitative estimate of drug-likeness (QED) is 0.429. The summed E-state index contributed by atoms with van der Waals surface area (Å²) < 4.78 is 45.2. The van der Waals surface area contributed by atoms with Crippen LogP contribution in [0.15, 0.2) is 78.9 Å². The number of likely N-dealkylation sites (tertiary alicyclic amines) is 2. The van der Waals surface area contributed by atoms with Gasteiger partial charge in [0.2, 0.25) is 17.7 Å². The number of amides is 3. The van der Waals surface area contributed by atoms with E-state index in [9.17, 15) is 27.6 Å². The van der Waals surface area contributed by atoms with Crippen molar-refractivity contribution in [1.82, 2.24) is 15.1 Å². The third kappa shape index (κ3) is 4.73. The Morgan fingerprint density at radius 3 is 2.19 bits per heavy atom. The van der Waals surface area contributed by atoms with Crippen LogP contribution in [0.5, 0.6) is 5.75 Å². The summed E-state index contributed by atoms with van der Waals surface area (Å²) in [5.41, 5.74) is -0.0916. The van der Waals surface area contributed by atoms with Crippen LogP contribution in [0, 0.1) is 11.8 Å². The number of fused-ring (bicyclic) bond motifs is 2. The Bertz CT molecular complexity index is 1490. The molecule has 0 bridgehead atoms. The molecule has 0 unspecified atom stereocenters. The lowest BCUT2D eigenvalue weighted by molar-refractivity contribution is -0.150. The van der Waals surface area contributed by atoms with Gasteiger partial charge >= 0.3 is 6.18 Å². The van der Waals surface area contributed by atoms with Crippen LogP contribution < -0.4 is 10.1 Å². The highest BCUT2D eigenvalue weighted by Crippen LogP contribution is 2.52. The number of carbonyl (C=O) groups excluding carboxylic acids is 3. The number of halogens is 3.